The molecule has 98 valence electrons. The number of hydrogen-bond acceptors (Lipinski definition) is 5. The van der Waals surface area contributed by atoms with E-state index in [1.165, 1.54) is 29.2 Å². The van der Waals surface area contributed by atoms with Crippen molar-refractivity contribution < 1.29 is 14.5 Å². The molecule has 0 amide bonds. The summed E-state index contributed by atoms with van der Waals surface area (Å²) < 4.78 is 6.42. The first-order valence-corrected chi connectivity index (χ1v) is 5.57. The van der Waals surface area contributed by atoms with Gasteiger partial charge < -0.3 is 4.74 Å². The van der Waals surface area contributed by atoms with E-state index in [0.29, 0.717) is 5.69 Å². The molecule has 2 rings (SSSR count). The molecule has 0 fully saturated rings. The molecule has 0 saturated carbocycles. The molecule has 7 nitrogen and oxygen atoms in total. The average molecular weight is 261 g/mol. The third kappa shape index (κ3) is 2.59. The summed E-state index contributed by atoms with van der Waals surface area (Å²) in [5.41, 5.74) is 0.864. The Morgan fingerprint density at radius 2 is 2.11 bits per heavy atom. The van der Waals surface area contributed by atoms with Crippen LogP contribution in [-0.4, -0.2) is 27.1 Å². The lowest BCUT2D eigenvalue weighted by Crippen LogP contribution is -2.10. The second-order valence-corrected chi connectivity index (χ2v) is 3.64. The van der Waals surface area contributed by atoms with Gasteiger partial charge in [0.15, 0.2) is 5.69 Å². The van der Waals surface area contributed by atoms with E-state index in [2.05, 4.69) is 4.98 Å². The maximum atomic E-state index is 11.7. The molecule has 0 aliphatic heterocycles. The van der Waals surface area contributed by atoms with Gasteiger partial charge in [-0.05, 0) is 19.1 Å². The van der Waals surface area contributed by atoms with Gasteiger partial charge in [0.1, 0.15) is 0 Å². The molecule has 0 radical (unpaired) electrons. The monoisotopic (exact) mass is 261 g/mol. The largest absolute Gasteiger partial charge is 0.461 e. The molecule has 0 bridgehead atoms. The highest BCUT2D eigenvalue weighted by Gasteiger charge is 2.14. The van der Waals surface area contributed by atoms with E-state index < -0.39 is 10.9 Å². The zero-order valence-electron chi connectivity index (χ0n) is 10.1. The number of aromatic nitrogens is 2. The molecule has 0 unspecified atom stereocenters. The second-order valence-electron chi connectivity index (χ2n) is 3.64. The lowest BCUT2D eigenvalue weighted by molar-refractivity contribution is -0.384. The Hall–Kier alpha value is -2.70. The first kappa shape index (κ1) is 12.7. The fourth-order valence-corrected chi connectivity index (χ4v) is 1.59. The number of ether oxygens (including phenoxy) is 1. The van der Waals surface area contributed by atoms with Crippen molar-refractivity contribution in [3.63, 3.8) is 0 Å². The summed E-state index contributed by atoms with van der Waals surface area (Å²) in [4.78, 5) is 25.7. The van der Waals surface area contributed by atoms with Gasteiger partial charge in [-0.2, -0.15) is 0 Å². The highest BCUT2D eigenvalue weighted by atomic mass is 16.6. The summed E-state index contributed by atoms with van der Waals surface area (Å²) in [6.07, 6.45) is 2.84. The maximum Gasteiger partial charge on any atom is 0.356 e. The normalized spacial score (nSPS) is 10.2. The molecule has 0 aliphatic carbocycles. The third-order valence-electron chi connectivity index (χ3n) is 2.46. The number of carbonyl (C=O) groups excluding carboxylic acids is 1. The minimum atomic E-state index is -0.488. The minimum Gasteiger partial charge on any atom is -0.461 e. The average Bonchev–Trinajstić information content (AvgIpc) is 2.88. The van der Waals surface area contributed by atoms with Crippen molar-refractivity contribution in [3.8, 4) is 5.69 Å². The molecule has 1 aromatic heterocycles. The molecule has 1 aromatic carbocycles. The van der Waals surface area contributed by atoms with Gasteiger partial charge in [-0.25, -0.2) is 9.78 Å². The van der Waals surface area contributed by atoms with Gasteiger partial charge in [-0.15, -0.1) is 0 Å². The van der Waals surface area contributed by atoms with Gasteiger partial charge in [-0.3, -0.25) is 14.7 Å². The highest BCUT2D eigenvalue weighted by molar-refractivity contribution is 5.88. The van der Waals surface area contributed by atoms with Crippen LogP contribution in [0, 0.1) is 10.1 Å². The quantitative estimate of drug-likeness (QED) is 0.477. The lowest BCUT2D eigenvalue weighted by Gasteiger charge is -2.06. The van der Waals surface area contributed by atoms with Gasteiger partial charge in [-0.1, -0.05) is 0 Å². The highest BCUT2D eigenvalue weighted by Crippen LogP contribution is 2.17. The van der Waals surface area contributed by atoms with Crippen molar-refractivity contribution in [3.05, 3.63) is 52.6 Å². The first-order valence-electron chi connectivity index (χ1n) is 5.57. The van der Waals surface area contributed by atoms with Crippen molar-refractivity contribution in [1.82, 2.24) is 9.55 Å². The predicted octanol–water partition coefficient (Wildman–Crippen LogP) is 1.96. The number of imidazole rings is 1. The summed E-state index contributed by atoms with van der Waals surface area (Å²) in [7, 11) is 0. The molecule has 19 heavy (non-hydrogen) atoms. The Morgan fingerprint density at radius 3 is 2.68 bits per heavy atom. The van der Waals surface area contributed by atoms with Gasteiger partial charge in [0, 0.05) is 17.8 Å². The molecule has 0 saturated heterocycles. The van der Waals surface area contributed by atoms with E-state index >= 15 is 0 Å². The fourth-order valence-electron chi connectivity index (χ4n) is 1.59. The van der Waals surface area contributed by atoms with Crippen LogP contribution in [-0.2, 0) is 4.74 Å². The van der Waals surface area contributed by atoms with Crippen LogP contribution in [0.3, 0.4) is 0 Å². The summed E-state index contributed by atoms with van der Waals surface area (Å²) in [6, 6.07) is 5.82. The van der Waals surface area contributed by atoms with Gasteiger partial charge in [0.05, 0.1) is 24.1 Å². The van der Waals surface area contributed by atoms with E-state index in [-0.39, 0.29) is 18.0 Å². The van der Waals surface area contributed by atoms with E-state index in [0.717, 1.165) is 0 Å². The molecule has 0 spiro atoms. The third-order valence-corrected chi connectivity index (χ3v) is 2.46. The summed E-state index contributed by atoms with van der Waals surface area (Å²) in [5, 5.41) is 10.6. The molecule has 0 atom stereocenters. The number of nitro benzene ring substituents is 1. The zero-order chi connectivity index (χ0) is 13.8. The molecular formula is C12H11N3O4. The molecule has 2 aromatic rings. The van der Waals surface area contributed by atoms with Crippen LogP contribution < -0.4 is 0 Å². The van der Waals surface area contributed by atoms with Crippen LogP contribution in [0.25, 0.3) is 5.69 Å². The number of rotatable bonds is 4. The van der Waals surface area contributed by atoms with Crippen LogP contribution >= 0.6 is 0 Å². The standard InChI is InChI=1S/C12H11N3O4/c1-2-19-12(16)11-7-13-8-14(11)9-3-5-10(6-4-9)15(17)18/h3-8H,2H2,1H3. The van der Waals surface area contributed by atoms with E-state index in [1.807, 2.05) is 0 Å². The maximum absolute atomic E-state index is 11.7. The smallest absolute Gasteiger partial charge is 0.356 e. The Labute approximate surface area is 108 Å². The number of non-ortho nitro benzene ring substituents is 1. The summed E-state index contributed by atoms with van der Waals surface area (Å²) in [6.45, 7) is 1.98. The van der Waals surface area contributed by atoms with Crippen molar-refractivity contribution in [1.29, 1.82) is 0 Å². The molecule has 0 aliphatic rings. The van der Waals surface area contributed by atoms with Gasteiger partial charge >= 0.3 is 5.97 Å². The number of nitro groups is 1. The Kier molecular flexibility index (Phi) is 3.56. The van der Waals surface area contributed by atoms with E-state index in [4.69, 9.17) is 4.74 Å². The predicted molar refractivity (Wildman–Crippen MR) is 66.2 cm³/mol. The van der Waals surface area contributed by atoms with Crippen molar-refractivity contribution in [2.75, 3.05) is 6.61 Å². The fraction of sp³-hybridized carbons (Fsp3) is 0.167. The first-order chi connectivity index (χ1) is 9.13. The summed E-state index contributed by atoms with van der Waals surface area (Å²) in [5.74, 6) is -0.488. The zero-order valence-corrected chi connectivity index (χ0v) is 10.1. The van der Waals surface area contributed by atoms with Crippen LogP contribution in [0.4, 0.5) is 5.69 Å². The van der Waals surface area contributed by atoms with E-state index in [9.17, 15) is 14.9 Å². The van der Waals surface area contributed by atoms with Crippen LogP contribution in [0.5, 0.6) is 0 Å². The van der Waals surface area contributed by atoms with E-state index in [1.54, 1.807) is 19.1 Å². The van der Waals surface area contributed by atoms with Gasteiger partial charge in [0.2, 0.25) is 0 Å². The number of esters is 1. The SMILES string of the molecule is CCOC(=O)c1cncn1-c1ccc([N+](=O)[O-])cc1. The number of carbonyl (C=O) groups is 1. The van der Waals surface area contributed by atoms with Crippen molar-refractivity contribution in [2.24, 2.45) is 0 Å². The van der Waals surface area contributed by atoms with Crippen LogP contribution in [0.2, 0.25) is 0 Å². The summed E-state index contributed by atoms with van der Waals surface area (Å²) >= 11 is 0. The topological polar surface area (TPSA) is 87.3 Å². The number of benzene rings is 1. The van der Waals surface area contributed by atoms with Crippen molar-refractivity contribution >= 4 is 11.7 Å². The number of nitrogens with zero attached hydrogens (tertiary/aromatic N) is 3. The number of hydrogen-bond donors (Lipinski definition) is 0. The molecule has 1 heterocycles. The molecule has 0 N–H and O–H groups in total. The molecule has 7 heteroatoms. The van der Waals surface area contributed by atoms with Crippen LogP contribution in [0.15, 0.2) is 36.8 Å². The second kappa shape index (κ2) is 5.30. The lowest BCUT2D eigenvalue weighted by atomic mass is 10.2. The minimum absolute atomic E-state index is 0.0125. The Balaban J connectivity index is 2.34. The molecular weight excluding hydrogens is 250 g/mol. The Bertz CT molecular complexity index is 604. The van der Waals surface area contributed by atoms with Gasteiger partial charge in [0.25, 0.3) is 5.69 Å². The Morgan fingerprint density at radius 1 is 1.42 bits per heavy atom. The van der Waals surface area contributed by atoms with Crippen LogP contribution in [0.1, 0.15) is 17.4 Å². The van der Waals surface area contributed by atoms with Crippen molar-refractivity contribution in [2.45, 2.75) is 6.92 Å².